The Morgan fingerprint density at radius 2 is 1.86 bits per heavy atom. The Bertz CT molecular complexity index is 1130. The van der Waals surface area contributed by atoms with Gasteiger partial charge in [0.25, 0.3) is 0 Å². The molecule has 2 amide bonds. The van der Waals surface area contributed by atoms with Crippen molar-refractivity contribution >= 4 is 28.5 Å². The molecule has 3 aliphatic rings. The molecule has 1 aliphatic carbocycles. The molecule has 0 spiro atoms. The number of rotatable bonds is 7. The van der Waals surface area contributed by atoms with Crippen LogP contribution in [0, 0.1) is 5.92 Å². The number of benzene rings is 1. The Morgan fingerprint density at radius 3 is 2.59 bits per heavy atom. The van der Waals surface area contributed by atoms with Gasteiger partial charge in [-0.3, -0.25) is 14.5 Å². The fourth-order valence-corrected chi connectivity index (χ4v) is 5.78. The molecule has 0 atom stereocenters. The molecule has 3 heterocycles. The molecule has 2 aliphatic heterocycles. The number of nitrogens with one attached hydrogen (secondary N) is 2. The fraction of sp³-hybridized carbons (Fsp3) is 0.615. The molecule has 8 nitrogen and oxygen atoms in total. The number of amides is 2. The molecule has 0 unspecified atom stereocenters. The number of fused-ring (bicyclic) bond motifs is 1. The number of hydrogen-bond acceptors (Lipinski definition) is 6. The lowest BCUT2D eigenvalue weighted by molar-refractivity contribution is -0.137. The van der Waals surface area contributed by atoms with Crippen LogP contribution in [0.15, 0.2) is 24.5 Å². The largest absolute Gasteiger partial charge is 0.416 e. The van der Waals surface area contributed by atoms with Crippen molar-refractivity contribution in [1.82, 2.24) is 25.1 Å². The second-order valence-corrected chi connectivity index (χ2v) is 10.5. The Balaban J connectivity index is 1.04. The molecule has 1 aromatic carbocycles. The highest BCUT2D eigenvalue weighted by atomic mass is 19.4. The molecule has 2 aromatic rings. The average molecular weight is 519 g/mol. The third kappa shape index (κ3) is 6.14. The zero-order chi connectivity index (χ0) is 26.0. The first kappa shape index (κ1) is 25.7. The molecule has 3 fully saturated rings. The molecule has 2 saturated heterocycles. The SMILES string of the molecule is O=C(CNc1ncnc2ccc(C(F)(F)F)cc12)NC1CN(C2CCC(CN3CCCCC3=O)CC2)C1. The molecule has 37 heavy (non-hydrogen) atoms. The number of piperidine rings is 1. The van der Waals surface area contributed by atoms with E-state index >= 15 is 0 Å². The van der Waals surface area contributed by atoms with Gasteiger partial charge in [-0.2, -0.15) is 13.2 Å². The van der Waals surface area contributed by atoms with Gasteiger partial charge in [-0.1, -0.05) is 0 Å². The minimum absolute atomic E-state index is 0.0666. The van der Waals surface area contributed by atoms with E-state index in [0.717, 1.165) is 76.8 Å². The summed E-state index contributed by atoms with van der Waals surface area (Å²) in [6.45, 7) is 3.33. The van der Waals surface area contributed by atoms with Crippen LogP contribution in [0.1, 0.15) is 50.5 Å². The summed E-state index contributed by atoms with van der Waals surface area (Å²) >= 11 is 0. The number of nitrogens with zero attached hydrogens (tertiary/aromatic N) is 4. The number of aromatic nitrogens is 2. The summed E-state index contributed by atoms with van der Waals surface area (Å²) in [5, 5.41) is 6.08. The summed E-state index contributed by atoms with van der Waals surface area (Å²) < 4.78 is 39.3. The van der Waals surface area contributed by atoms with E-state index in [1.807, 2.05) is 0 Å². The lowest BCUT2D eigenvalue weighted by atomic mass is 9.83. The van der Waals surface area contributed by atoms with Gasteiger partial charge in [-0.05, 0) is 62.6 Å². The smallest absolute Gasteiger partial charge is 0.360 e. The molecule has 0 bridgehead atoms. The molecule has 11 heteroatoms. The van der Waals surface area contributed by atoms with Gasteiger partial charge in [0, 0.05) is 44.0 Å². The number of anilines is 1. The number of hydrogen-bond donors (Lipinski definition) is 2. The van der Waals surface area contributed by atoms with Crippen molar-refractivity contribution in [1.29, 1.82) is 0 Å². The maximum absolute atomic E-state index is 13.1. The van der Waals surface area contributed by atoms with Crippen LogP contribution >= 0.6 is 0 Å². The van der Waals surface area contributed by atoms with E-state index in [2.05, 4.69) is 30.4 Å². The summed E-state index contributed by atoms with van der Waals surface area (Å²) in [6.07, 6.45) is 4.13. The van der Waals surface area contributed by atoms with Gasteiger partial charge in [0.1, 0.15) is 12.1 Å². The van der Waals surface area contributed by atoms with Crippen molar-refractivity contribution in [3.8, 4) is 0 Å². The average Bonchev–Trinajstić information content (AvgIpc) is 2.86. The molecular formula is C26H33F3N6O2. The van der Waals surface area contributed by atoms with Gasteiger partial charge >= 0.3 is 6.18 Å². The number of halogens is 3. The summed E-state index contributed by atoms with van der Waals surface area (Å²) in [5.74, 6) is 0.872. The van der Waals surface area contributed by atoms with Crippen molar-refractivity contribution < 1.29 is 22.8 Å². The maximum Gasteiger partial charge on any atom is 0.416 e. The van der Waals surface area contributed by atoms with Gasteiger partial charge in [0.05, 0.1) is 23.7 Å². The molecule has 0 radical (unpaired) electrons. The van der Waals surface area contributed by atoms with E-state index in [0.29, 0.717) is 29.8 Å². The zero-order valence-corrected chi connectivity index (χ0v) is 20.8. The first-order valence-electron chi connectivity index (χ1n) is 13.1. The third-order valence-electron chi connectivity index (χ3n) is 7.89. The van der Waals surface area contributed by atoms with Crippen LogP contribution in [0.5, 0.6) is 0 Å². The predicted molar refractivity (Wildman–Crippen MR) is 133 cm³/mol. The standard InChI is InChI=1S/C26H33F3N6O2/c27-26(28,29)18-6-9-22-21(11-18)25(32-16-31-22)30-12-23(36)33-19-14-35(15-19)20-7-4-17(5-8-20)13-34-10-2-1-3-24(34)37/h6,9,11,16-17,19-20H,1-5,7-8,10,12-15H2,(H,33,36)(H,30,31,32). The van der Waals surface area contributed by atoms with E-state index in [1.54, 1.807) is 0 Å². The van der Waals surface area contributed by atoms with Crippen molar-refractivity contribution in [3.05, 3.63) is 30.1 Å². The Labute approximate surface area is 214 Å². The molecule has 1 saturated carbocycles. The third-order valence-corrected chi connectivity index (χ3v) is 7.89. The van der Waals surface area contributed by atoms with Gasteiger partial charge in [-0.15, -0.1) is 0 Å². The Kier molecular flexibility index (Phi) is 7.50. The van der Waals surface area contributed by atoms with E-state index in [9.17, 15) is 22.8 Å². The van der Waals surface area contributed by atoms with Gasteiger partial charge in [0.15, 0.2) is 0 Å². The second-order valence-electron chi connectivity index (χ2n) is 10.5. The first-order valence-corrected chi connectivity index (χ1v) is 13.1. The highest BCUT2D eigenvalue weighted by Gasteiger charge is 2.36. The van der Waals surface area contributed by atoms with Crippen LogP contribution in [-0.2, 0) is 15.8 Å². The van der Waals surface area contributed by atoms with Crippen LogP contribution in [0.2, 0.25) is 0 Å². The first-order chi connectivity index (χ1) is 17.8. The summed E-state index contributed by atoms with van der Waals surface area (Å²) in [5.41, 5.74) is -0.413. The highest BCUT2D eigenvalue weighted by Crippen LogP contribution is 2.33. The molecule has 200 valence electrons. The van der Waals surface area contributed by atoms with Gasteiger partial charge < -0.3 is 15.5 Å². The summed E-state index contributed by atoms with van der Waals surface area (Å²) in [7, 11) is 0. The molecule has 1 aromatic heterocycles. The fourth-order valence-electron chi connectivity index (χ4n) is 5.78. The summed E-state index contributed by atoms with van der Waals surface area (Å²) in [4.78, 5) is 37.1. The lowest BCUT2D eigenvalue weighted by Crippen LogP contribution is -2.63. The topological polar surface area (TPSA) is 90.5 Å². The van der Waals surface area contributed by atoms with E-state index < -0.39 is 11.7 Å². The number of carbonyl (C=O) groups is 2. The van der Waals surface area contributed by atoms with Crippen LogP contribution in [0.3, 0.4) is 0 Å². The normalized spacial score (nSPS) is 23.6. The minimum atomic E-state index is -4.47. The minimum Gasteiger partial charge on any atom is -0.360 e. The van der Waals surface area contributed by atoms with Crippen LogP contribution in [-0.4, -0.2) is 76.4 Å². The van der Waals surface area contributed by atoms with E-state index in [-0.39, 0.29) is 29.7 Å². The van der Waals surface area contributed by atoms with Gasteiger partial charge in [-0.25, -0.2) is 9.97 Å². The Hall–Kier alpha value is -2.95. The van der Waals surface area contributed by atoms with Crippen molar-refractivity contribution in [2.24, 2.45) is 5.92 Å². The second kappa shape index (κ2) is 10.8. The van der Waals surface area contributed by atoms with Crippen LogP contribution in [0.4, 0.5) is 19.0 Å². The van der Waals surface area contributed by atoms with Crippen LogP contribution < -0.4 is 10.6 Å². The maximum atomic E-state index is 13.1. The molecule has 2 N–H and O–H groups in total. The molecular weight excluding hydrogens is 485 g/mol. The zero-order valence-electron chi connectivity index (χ0n) is 20.8. The van der Waals surface area contributed by atoms with Crippen molar-refractivity contribution in [2.45, 2.75) is 63.2 Å². The lowest BCUT2D eigenvalue weighted by Gasteiger charge is -2.47. The Morgan fingerprint density at radius 1 is 1.08 bits per heavy atom. The van der Waals surface area contributed by atoms with Crippen molar-refractivity contribution in [2.75, 3.05) is 38.0 Å². The quantitative estimate of drug-likeness (QED) is 0.584. The van der Waals surface area contributed by atoms with Crippen LogP contribution in [0.25, 0.3) is 10.9 Å². The summed E-state index contributed by atoms with van der Waals surface area (Å²) in [6, 6.07) is 3.87. The van der Waals surface area contributed by atoms with Gasteiger partial charge in [0.2, 0.25) is 11.8 Å². The molecule has 5 rings (SSSR count). The van der Waals surface area contributed by atoms with E-state index in [4.69, 9.17) is 0 Å². The number of carbonyl (C=O) groups excluding carboxylic acids is 2. The van der Waals surface area contributed by atoms with E-state index in [1.165, 1.54) is 12.4 Å². The van der Waals surface area contributed by atoms with Crippen molar-refractivity contribution in [3.63, 3.8) is 0 Å². The number of alkyl halides is 3. The monoisotopic (exact) mass is 518 g/mol. The highest BCUT2D eigenvalue weighted by molar-refractivity contribution is 5.91. The number of likely N-dealkylation sites (tertiary alicyclic amines) is 2. The predicted octanol–water partition coefficient (Wildman–Crippen LogP) is 3.43.